The molecular formula is C21H30N2O5S. The molecule has 1 unspecified atom stereocenters. The molecule has 0 saturated carbocycles. The molecule has 0 fully saturated rings. The number of hydrogen-bond acceptors (Lipinski definition) is 5. The summed E-state index contributed by atoms with van der Waals surface area (Å²) in [6, 6.07) is 18.1. The minimum atomic E-state index is -3.67. The standard InChI is InChI=1S/C20H26N2O2.CH4O3S/c1-16(20(21)23)22-15-18-10-12-19(13-11-18)24-14-6-5-9-17-7-3-2-4-8-17;1-5(2,3)4/h2-4,7-8,10-13,16,22H,5-6,9,14-15H2,1H3,(H2,21,23);1H3,(H,2,3,4). The van der Waals surface area contributed by atoms with Crippen LogP contribution in [0.1, 0.15) is 30.9 Å². The Morgan fingerprint density at radius 3 is 2.21 bits per heavy atom. The van der Waals surface area contributed by atoms with Gasteiger partial charge in [0.2, 0.25) is 5.91 Å². The molecule has 0 aliphatic rings. The Balaban J connectivity index is 0.000000749. The largest absolute Gasteiger partial charge is 0.494 e. The van der Waals surface area contributed by atoms with Crippen LogP contribution >= 0.6 is 0 Å². The number of primary amides is 1. The van der Waals surface area contributed by atoms with Gasteiger partial charge in [-0.1, -0.05) is 42.5 Å². The fourth-order valence-corrected chi connectivity index (χ4v) is 2.34. The maximum atomic E-state index is 11.0. The highest BCUT2D eigenvalue weighted by atomic mass is 32.2. The molecule has 2 aromatic rings. The number of unbranched alkanes of at least 4 members (excludes halogenated alkanes) is 1. The molecule has 0 aliphatic carbocycles. The van der Waals surface area contributed by atoms with Crippen LogP contribution in [-0.4, -0.2) is 37.8 Å². The molecule has 160 valence electrons. The SMILES string of the molecule is CC(NCc1ccc(OCCCCc2ccccc2)cc1)C(N)=O.CS(=O)(=O)O. The number of ether oxygens (including phenoxy) is 1. The smallest absolute Gasteiger partial charge is 0.261 e. The molecule has 1 atom stereocenters. The van der Waals surface area contributed by atoms with E-state index in [1.807, 2.05) is 30.3 Å². The fourth-order valence-electron chi connectivity index (χ4n) is 2.34. The van der Waals surface area contributed by atoms with Crippen molar-refractivity contribution in [2.75, 3.05) is 12.9 Å². The molecule has 0 spiro atoms. The van der Waals surface area contributed by atoms with Crippen LogP contribution in [0.3, 0.4) is 0 Å². The molecule has 0 aromatic heterocycles. The molecule has 4 N–H and O–H groups in total. The maximum Gasteiger partial charge on any atom is 0.261 e. The van der Waals surface area contributed by atoms with Crippen molar-refractivity contribution in [1.29, 1.82) is 0 Å². The van der Waals surface area contributed by atoms with Crippen molar-refractivity contribution in [3.8, 4) is 5.75 Å². The maximum absolute atomic E-state index is 11.0. The first-order valence-electron chi connectivity index (χ1n) is 9.36. The van der Waals surface area contributed by atoms with Crippen LogP contribution in [0.5, 0.6) is 5.75 Å². The minimum Gasteiger partial charge on any atom is -0.494 e. The zero-order valence-corrected chi connectivity index (χ0v) is 17.7. The normalized spacial score (nSPS) is 11.8. The third-order valence-corrected chi connectivity index (χ3v) is 3.93. The second-order valence-electron chi connectivity index (χ2n) is 6.67. The molecule has 0 saturated heterocycles. The monoisotopic (exact) mass is 422 g/mol. The van der Waals surface area contributed by atoms with Gasteiger partial charge < -0.3 is 15.8 Å². The summed E-state index contributed by atoms with van der Waals surface area (Å²) in [4.78, 5) is 11.0. The van der Waals surface area contributed by atoms with Crippen molar-refractivity contribution >= 4 is 16.0 Å². The van der Waals surface area contributed by atoms with Gasteiger partial charge in [-0.2, -0.15) is 8.42 Å². The number of aryl methyl sites for hydroxylation is 1. The molecular weight excluding hydrogens is 392 g/mol. The van der Waals surface area contributed by atoms with Crippen molar-refractivity contribution in [2.24, 2.45) is 5.73 Å². The summed E-state index contributed by atoms with van der Waals surface area (Å²) in [7, 11) is -3.67. The van der Waals surface area contributed by atoms with Crippen LogP contribution in [-0.2, 0) is 27.9 Å². The number of benzene rings is 2. The average molecular weight is 423 g/mol. The summed E-state index contributed by atoms with van der Waals surface area (Å²) >= 11 is 0. The number of nitrogens with one attached hydrogen (secondary N) is 1. The van der Waals surface area contributed by atoms with Gasteiger partial charge in [-0.25, -0.2) is 0 Å². The number of carbonyl (C=O) groups excluding carboxylic acids is 1. The molecule has 2 rings (SSSR count). The lowest BCUT2D eigenvalue weighted by Gasteiger charge is -2.11. The summed E-state index contributed by atoms with van der Waals surface area (Å²) in [6.45, 7) is 3.10. The Kier molecular flexibility index (Phi) is 11.0. The summed E-state index contributed by atoms with van der Waals surface area (Å²) in [5.41, 5.74) is 7.69. The Hall–Kier alpha value is -2.42. The minimum absolute atomic E-state index is 0.328. The van der Waals surface area contributed by atoms with E-state index >= 15 is 0 Å². The second-order valence-corrected chi connectivity index (χ2v) is 8.14. The summed E-state index contributed by atoms with van der Waals surface area (Å²) in [5, 5.41) is 3.08. The number of nitrogens with two attached hydrogens (primary N) is 1. The average Bonchev–Trinajstić information content (AvgIpc) is 2.66. The Morgan fingerprint density at radius 1 is 1.07 bits per heavy atom. The van der Waals surface area contributed by atoms with E-state index < -0.39 is 10.1 Å². The van der Waals surface area contributed by atoms with Crippen LogP contribution < -0.4 is 15.8 Å². The van der Waals surface area contributed by atoms with Gasteiger partial charge in [-0.3, -0.25) is 9.35 Å². The summed E-state index contributed by atoms with van der Waals surface area (Å²) in [6.07, 6.45) is 3.96. The van der Waals surface area contributed by atoms with Crippen LogP contribution in [0, 0.1) is 0 Å². The quantitative estimate of drug-likeness (QED) is 0.400. The van der Waals surface area contributed by atoms with E-state index in [4.69, 9.17) is 15.0 Å². The third-order valence-electron chi connectivity index (χ3n) is 3.93. The van der Waals surface area contributed by atoms with Crippen molar-refractivity contribution in [3.05, 3.63) is 65.7 Å². The molecule has 29 heavy (non-hydrogen) atoms. The van der Waals surface area contributed by atoms with Crippen LogP contribution in [0.4, 0.5) is 0 Å². The zero-order valence-electron chi connectivity index (χ0n) is 16.9. The summed E-state index contributed by atoms with van der Waals surface area (Å²) < 4.78 is 31.6. The van der Waals surface area contributed by atoms with Gasteiger partial charge in [0.25, 0.3) is 10.1 Å². The number of rotatable bonds is 10. The Bertz CT molecular complexity index is 816. The zero-order chi connectivity index (χ0) is 21.7. The molecule has 7 nitrogen and oxygen atoms in total. The summed E-state index contributed by atoms with van der Waals surface area (Å²) in [5.74, 6) is 0.534. The van der Waals surface area contributed by atoms with Crippen LogP contribution in [0.25, 0.3) is 0 Å². The van der Waals surface area contributed by atoms with Gasteiger partial charge in [0, 0.05) is 6.54 Å². The third kappa shape index (κ3) is 13.4. The van der Waals surface area contributed by atoms with Crippen molar-refractivity contribution in [1.82, 2.24) is 5.32 Å². The van der Waals surface area contributed by atoms with Gasteiger partial charge in [0.15, 0.2) is 0 Å². The lowest BCUT2D eigenvalue weighted by atomic mass is 10.1. The second kappa shape index (κ2) is 12.9. The Labute approximate surface area is 173 Å². The Morgan fingerprint density at radius 2 is 1.66 bits per heavy atom. The lowest BCUT2D eigenvalue weighted by molar-refractivity contribution is -0.119. The first kappa shape index (κ1) is 24.6. The molecule has 0 heterocycles. The molecule has 8 heteroatoms. The van der Waals surface area contributed by atoms with E-state index in [2.05, 4.69) is 29.6 Å². The first-order valence-corrected chi connectivity index (χ1v) is 11.2. The van der Waals surface area contributed by atoms with Crippen molar-refractivity contribution < 1.29 is 22.5 Å². The van der Waals surface area contributed by atoms with Gasteiger partial charge in [0.05, 0.1) is 18.9 Å². The number of hydrogen-bond donors (Lipinski definition) is 3. The molecule has 1 amide bonds. The highest BCUT2D eigenvalue weighted by Crippen LogP contribution is 2.13. The van der Waals surface area contributed by atoms with E-state index in [9.17, 15) is 13.2 Å². The highest BCUT2D eigenvalue weighted by molar-refractivity contribution is 7.85. The highest BCUT2D eigenvalue weighted by Gasteiger charge is 2.06. The van der Waals surface area contributed by atoms with Crippen LogP contribution in [0.2, 0.25) is 0 Å². The van der Waals surface area contributed by atoms with Crippen molar-refractivity contribution in [2.45, 2.75) is 38.8 Å². The van der Waals surface area contributed by atoms with Gasteiger partial charge in [0.1, 0.15) is 5.75 Å². The van der Waals surface area contributed by atoms with E-state index in [-0.39, 0.29) is 11.9 Å². The molecule has 0 radical (unpaired) electrons. The molecule has 0 bridgehead atoms. The molecule has 2 aromatic carbocycles. The predicted molar refractivity (Wildman–Crippen MR) is 114 cm³/mol. The van der Waals surface area contributed by atoms with Crippen molar-refractivity contribution in [3.63, 3.8) is 0 Å². The number of amides is 1. The molecule has 0 aliphatic heterocycles. The topological polar surface area (TPSA) is 119 Å². The van der Waals surface area contributed by atoms with Gasteiger partial charge in [-0.15, -0.1) is 0 Å². The fraction of sp³-hybridized carbons (Fsp3) is 0.381. The van der Waals surface area contributed by atoms with E-state index in [1.54, 1.807) is 6.92 Å². The van der Waals surface area contributed by atoms with E-state index in [1.165, 1.54) is 5.56 Å². The van der Waals surface area contributed by atoms with E-state index in [0.29, 0.717) is 12.8 Å². The predicted octanol–water partition coefficient (Wildman–Crippen LogP) is 2.56. The number of carbonyl (C=O) groups is 1. The van der Waals surface area contributed by atoms with E-state index in [0.717, 1.165) is 37.2 Å². The van der Waals surface area contributed by atoms with Gasteiger partial charge in [-0.05, 0) is 49.4 Å². The van der Waals surface area contributed by atoms with Crippen LogP contribution in [0.15, 0.2) is 54.6 Å². The lowest BCUT2D eigenvalue weighted by Crippen LogP contribution is -2.38. The first-order chi connectivity index (χ1) is 13.6. The van der Waals surface area contributed by atoms with Gasteiger partial charge >= 0.3 is 0 Å².